The van der Waals surface area contributed by atoms with E-state index in [9.17, 15) is 0 Å². The summed E-state index contributed by atoms with van der Waals surface area (Å²) in [6.45, 7) is 0. The number of benzene rings is 11. The van der Waals surface area contributed by atoms with Crippen molar-refractivity contribution in [1.29, 1.82) is 0 Å². The maximum atomic E-state index is 5.50. The fourth-order valence-corrected chi connectivity index (χ4v) is 10.7. The highest BCUT2D eigenvalue weighted by Crippen LogP contribution is 2.45. The highest BCUT2D eigenvalue weighted by atomic mass is 15.0. The molecule has 0 aliphatic carbocycles. The van der Waals surface area contributed by atoms with Crippen LogP contribution in [0.3, 0.4) is 0 Å². The summed E-state index contributed by atoms with van der Waals surface area (Å²) in [5.74, 6) is 1.88. The minimum Gasteiger partial charge on any atom is -0.309 e. The monoisotopic (exact) mass is 824 g/mol. The van der Waals surface area contributed by atoms with Crippen molar-refractivity contribution in [3.63, 3.8) is 0 Å². The molecule has 12 aromatic carbocycles. The zero-order valence-electron chi connectivity index (χ0n) is 35.1. The average molecular weight is 825 g/mol. The molecular formula is C61H36N4. The Morgan fingerprint density at radius 3 is 1.42 bits per heavy atom. The van der Waals surface area contributed by atoms with Crippen LogP contribution in [0.1, 0.15) is 0 Å². The Labute approximate surface area is 373 Å². The summed E-state index contributed by atoms with van der Waals surface area (Å²) in [6, 6.07) is 78.7. The lowest BCUT2D eigenvalue weighted by molar-refractivity contribution is 1.08. The van der Waals surface area contributed by atoms with E-state index >= 15 is 0 Å². The number of para-hydroxylation sites is 2. The Kier molecular flexibility index (Phi) is 7.65. The van der Waals surface area contributed by atoms with E-state index in [1.54, 1.807) is 0 Å². The molecule has 65 heavy (non-hydrogen) atoms. The Balaban J connectivity index is 1.08. The van der Waals surface area contributed by atoms with Gasteiger partial charge in [-0.25, -0.2) is 15.0 Å². The first-order valence-electron chi connectivity index (χ1n) is 22.2. The summed E-state index contributed by atoms with van der Waals surface area (Å²) >= 11 is 0. The van der Waals surface area contributed by atoms with Crippen molar-refractivity contribution >= 4 is 86.4 Å². The predicted octanol–water partition coefficient (Wildman–Crippen LogP) is 16.0. The molecule has 0 saturated carbocycles. The second-order valence-electron chi connectivity index (χ2n) is 17.1. The molecule has 4 heteroatoms. The van der Waals surface area contributed by atoms with Gasteiger partial charge in [0.15, 0.2) is 17.5 Å². The van der Waals surface area contributed by atoms with Crippen LogP contribution >= 0.6 is 0 Å². The summed E-state index contributed by atoms with van der Waals surface area (Å²) in [6.07, 6.45) is 0. The summed E-state index contributed by atoms with van der Waals surface area (Å²) in [5, 5.41) is 17.0. The number of fused-ring (bicyclic) bond motifs is 5. The second-order valence-corrected chi connectivity index (χ2v) is 17.1. The molecule has 0 spiro atoms. The van der Waals surface area contributed by atoms with E-state index in [1.165, 1.54) is 64.8 Å². The van der Waals surface area contributed by atoms with E-state index in [4.69, 9.17) is 15.0 Å². The van der Waals surface area contributed by atoms with Crippen LogP contribution in [0.4, 0.5) is 0 Å². The first kappa shape index (κ1) is 35.8. The molecule has 0 saturated heterocycles. The normalized spacial score (nSPS) is 12.0. The zero-order chi connectivity index (χ0) is 42.6. The van der Waals surface area contributed by atoms with Gasteiger partial charge in [0.1, 0.15) is 0 Å². The summed E-state index contributed by atoms with van der Waals surface area (Å²) in [4.78, 5) is 16.3. The average Bonchev–Trinajstić information content (AvgIpc) is 3.72. The van der Waals surface area contributed by atoms with Crippen molar-refractivity contribution < 1.29 is 0 Å². The maximum absolute atomic E-state index is 5.50. The second kappa shape index (κ2) is 13.9. The van der Waals surface area contributed by atoms with E-state index in [2.05, 4.69) is 223 Å². The number of aromatic nitrogens is 4. The van der Waals surface area contributed by atoms with Crippen LogP contribution in [0, 0.1) is 0 Å². The minimum absolute atomic E-state index is 0.623. The molecule has 0 N–H and O–H groups in total. The fraction of sp³-hybridized carbons (Fsp3) is 0. The molecule has 300 valence electrons. The third kappa shape index (κ3) is 5.41. The van der Waals surface area contributed by atoms with Crippen LogP contribution in [-0.4, -0.2) is 19.5 Å². The largest absolute Gasteiger partial charge is 0.309 e. The Bertz CT molecular complexity index is 4200. The number of hydrogen-bond donors (Lipinski definition) is 0. The van der Waals surface area contributed by atoms with Crippen LogP contribution < -0.4 is 0 Å². The number of nitrogens with zero attached hydrogens (tertiary/aromatic N) is 4. The van der Waals surface area contributed by atoms with E-state index in [0.29, 0.717) is 17.5 Å². The van der Waals surface area contributed by atoms with Gasteiger partial charge in [0.05, 0.1) is 11.0 Å². The topological polar surface area (TPSA) is 43.6 Å². The molecule has 0 aliphatic heterocycles. The van der Waals surface area contributed by atoms with Gasteiger partial charge in [-0.05, 0) is 112 Å². The molecule has 0 atom stereocenters. The third-order valence-corrected chi connectivity index (χ3v) is 13.5. The predicted molar refractivity (Wildman–Crippen MR) is 272 cm³/mol. The van der Waals surface area contributed by atoms with Gasteiger partial charge in [0, 0.05) is 33.2 Å². The molecule has 0 aliphatic rings. The van der Waals surface area contributed by atoms with E-state index in [-0.39, 0.29) is 0 Å². The molecule has 2 aromatic heterocycles. The zero-order valence-corrected chi connectivity index (χ0v) is 35.1. The molecular weight excluding hydrogens is 789 g/mol. The molecule has 0 fully saturated rings. The highest BCUT2D eigenvalue weighted by Gasteiger charge is 2.22. The SMILES string of the molecule is c1ccc(-c2ccc(-c3nc(-c4cc5ccc6cccc7c8cccc9ccc%10cccc(c(c4)c5c67)c%10c98)nc(-c4cccc5c4c4ccccc4n5-c4ccccc4)n3)cc2)cc1. The van der Waals surface area contributed by atoms with E-state index in [0.717, 1.165) is 55.1 Å². The van der Waals surface area contributed by atoms with Crippen molar-refractivity contribution in [1.82, 2.24) is 19.5 Å². The number of rotatable bonds is 5. The molecule has 2 heterocycles. The Morgan fingerprint density at radius 1 is 0.262 bits per heavy atom. The summed E-state index contributed by atoms with van der Waals surface area (Å²) < 4.78 is 2.34. The van der Waals surface area contributed by atoms with Crippen molar-refractivity contribution in [2.75, 3.05) is 0 Å². The van der Waals surface area contributed by atoms with Crippen molar-refractivity contribution in [3.05, 3.63) is 218 Å². The van der Waals surface area contributed by atoms with Gasteiger partial charge in [0.25, 0.3) is 0 Å². The van der Waals surface area contributed by atoms with Gasteiger partial charge in [-0.2, -0.15) is 0 Å². The fourth-order valence-electron chi connectivity index (χ4n) is 10.7. The molecule has 0 unspecified atom stereocenters. The van der Waals surface area contributed by atoms with Crippen molar-refractivity contribution in [3.8, 4) is 51.0 Å². The van der Waals surface area contributed by atoms with E-state index in [1.807, 2.05) is 0 Å². The molecule has 14 rings (SSSR count). The molecule has 0 bridgehead atoms. The summed E-state index contributed by atoms with van der Waals surface area (Å²) in [5.41, 5.74) is 8.45. The molecule has 0 amide bonds. The van der Waals surface area contributed by atoms with Gasteiger partial charge >= 0.3 is 0 Å². The first-order valence-corrected chi connectivity index (χ1v) is 22.2. The van der Waals surface area contributed by atoms with Crippen LogP contribution in [0.25, 0.3) is 137 Å². The van der Waals surface area contributed by atoms with Gasteiger partial charge in [-0.3, -0.25) is 0 Å². The van der Waals surface area contributed by atoms with Crippen LogP contribution in [0.5, 0.6) is 0 Å². The van der Waals surface area contributed by atoms with Gasteiger partial charge in [-0.1, -0.05) is 182 Å². The lowest BCUT2D eigenvalue weighted by Gasteiger charge is -2.17. The van der Waals surface area contributed by atoms with Gasteiger partial charge < -0.3 is 4.57 Å². The number of hydrogen-bond acceptors (Lipinski definition) is 3. The third-order valence-electron chi connectivity index (χ3n) is 13.5. The van der Waals surface area contributed by atoms with Crippen molar-refractivity contribution in [2.45, 2.75) is 0 Å². The smallest absolute Gasteiger partial charge is 0.164 e. The van der Waals surface area contributed by atoms with Crippen LogP contribution in [0.2, 0.25) is 0 Å². The van der Waals surface area contributed by atoms with E-state index < -0.39 is 0 Å². The lowest BCUT2D eigenvalue weighted by Crippen LogP contribution is -2.01. The molecule has 4 nitrogen and oxygen atoms in total. The quantitative estimate of drug-likeness (QED) is 0.162. The van der Waals surface area contributed by atoms with Crippen LogP contribution in [-0.2, 0) is 0 Å². The molecule has 0 radical (unpaired) electrons. The standard InChI is InChI=1S/C61H36N4/c1-3-13-37(14-4-1)38-27-32-42(33-28-38)59-62-60(64-61(63-59)50-24-12-26-53-58(50)49-20-7-8-25-52(49)65(53)45-18-5-2-6-19-45)44-35-43-34-31-41-16-10-22-47-46-21-9-15-39-29-30-40-17-11-23-48(56(40)54(39)46)51(36-44)57(43)55(41)47/h1-36H. The molecule has 14 aromatic rings. The Morgan fingerprint density at radius 2 is 0.738 bits per heavy atom. The van der Waals surface area contributed by atoms with Crippen LogP contribution in [0.15, 0.2) is 218 Å². The van der Waals surface area contributed by atoms with Gasteiger partial charge in [0.2, 0.25) is 0 Å². The Hall–Kier alpha value is -8.73. The minimum atomic E-state index is 0.623. The first-order chi connectivity index (χ1) is 32.2. The summed E-state index contributed by atoms with van der Waals surface area (Å²) in [7, 11) is 0. The van der Waals surface area contributed by atoms with Crippen molar-refractivity contribution in [2.24, 2.45) is 0 Å². The highest BCUT2D eigenvalue weighted by molar-refractivity contribution is 6.37. The lowest BCUT2D eigenvalue weighted by atomic mass is 9.87. The maximum Gasteiger partial charge on any atom is 0.164 e. The van der Waals surface area contributed by atoms with Gasteiger partial charge in [-0.15, -0.1) is 0 Å².